The minimum absolute atomic E-state index is 0.0715. The Hall–Kier alpha value is -1.13. The number of hydrogen-bond acceptors (Lipinski definition) is 3. The SMILES string of the molecule is CC(C)(C)N(CCCC(=O)O)N=O. The Bertz CT molecular complexity index is 186. The molecule has 5 heteroatoms. The third kappa shape index (κ3) is 5.16. The fraction of sp³-hybridized carbons (Fsp3) is 0.875. The summed E-state index contributed by atoms with van der Waals surface area (Å²) in [5.41, 5.74) is -0.333. The molecule has 13 heavy (non-hydrogen) atoms. The zero-order valence-corrected chi connectivity index (χ0v) is 8.28. The molecule has 0 bridgehead atoms. The molecule has 0 radical (unpaired) electrons. The summed E-state index contributed by atoms with van der Waals surface area (Å²) in [5.74, 6) is -0.847. The highest BCUT2D eigenvalue weighted by molar-refractivity contribution is 5.66. The predicted molar refractivity (Wildman–Crippen MR) is 49.1 cm³/mol. The second-order valence-electron chi connectivity index (χ2n) is 3.87. The van der Waals surface area contributed by atoms with Gasteiger partial charge in [0.2, 0.25) is 0 Å². The van der Waals surface area contributed by atoms with Crippen molar-refractivity contribution in [1.82, 2.24) is 5.01 Å². The largest absolute Gasteiger partial charge is 0.481 e. The van der Waals surface area contributed by atoms with E-state index < -0.39 is 5.97 Å². The highest BCUT2D eigenvalue weighted by atomic mass is 16.4. The van der Waals surface area contributed by atoms with Gasteiger partial charge in [-0.25, -0.2) is 0 Å². The Morgan fingerprint density at radius 1 is 1.46 bits per heavy atom. The van der Waals surface area contributed by atoms with Crippen LogP contribution in [0.25, 0.3) is 0 Å². The summed E-state index contributed by atoms with van der Waals surface area (Å²) < 4.78 is 0. The summed E-state index contributed by atoms with van der Waals surface area (Å²) in [6.45, 7) is 5.96. The van der Waals surface area contributed by atoms with Crippen LogP contribution in [-0.2, 0) is 4.79 Å². The van der Waals surface area contributed by atoms with Crippen LogP contribution < -0.4 is 0 Å². The van der Waals surface area contributed by atoms with Gasteiger partial charge in [0.05, 0.1) is 10.8 Å². The van der Waals surface area contributed by atoms with Crippen LogP contribution >= 0.6 is 0 Å². The maximum Gasteiger partial charge on any atom is 0.303 e. The topological polar surface area (TPSA) is 70.0 Å². The zero-order chi connectivity index (χ0) is 10.5. The Labute approximate surface area is 77.7 Å². The van der Waals surface area contributed by atoms with Crippen LogP contribution in [0.2, 0.25) is 0 Å². The van der Waals surface area contributed by atoms with E-state index >= 15 is 0 Å². The Morgan fingerprint density at radius 2 is 2.00 bits per heavy atom. The van der Waals surface area contributed by atoms with Crippen molar-refractivity contribution in [1.29, 1.82) is 0 Å². The molecule has 0 unspecified atom stereocenters. The molecule has 0 atom stereocenters. The zero-order valence-electron chi connectivity index (χ0n) is 8.28. The maximum absolute atomic E-state index is 10.4. The summed E-state index contributed by atoms with van der Waals surface area (Å²) in [6, 6.07) is 0. The van der Waals surface area contributed by atoms with Crippen molar-refractivity contribution in [3.63, 3.8) is 0 Å². The van der Waals surface area contributed by atoms with Gasteiger partial charge in [0.1, 0.15) is 0 Å². The number of aliphatic carboxylic acids is 1. The minimum Gasteiger partial charge on any atom is -0.481 e. The van der Waals surface area contributed by atoms with E-state index in [0.717, 1.165) is 0 Å². The van der Waals surface area contributed by atoms with Gasteiger partial charge >= 0.3 is 5.97 Å². The second kappa shape index (κ2) is 4.79. The number of carbonyl (C=O) groups is 1. The normalized spacial score (nSPS) is 11.0. The maximum atomic E-state index is 10.4. The molecule has 1 N–H and O–H groups in total. The number of rotatable bonds is 5. The van der Waals surface area contributed by atoms with Crippen molar-refractivity contribution in [2.24, 2.45) is 5.29 Å². The highest BCUT2D eigenvalue weighted by Gasteiger charge is 2.20. The molecular weight excluding hydrogens is 172 g/mol. The number of nitrogens with zero attached hydrogens (tertiary/aromatic N) is 2. The van der Waals surface area contributed by atoms with Crippen LogP contribution in [-0.4, -0.2) is 28.2 Å². The van der Waals surface area contributed by atoms with E-state index in [1.165, 1.54) is 5.01 Å². The Kier molecular flexibility index (Phi) is 4.37. The lowest BCUT2D eigenvalue weighted by molar-refractivity contribution is -0.137. The van der Waals surface area contributed by atoms with Crippen LogP contribution in [0.5, 0.6) is 0 Å². The van der Waals surface area contributed by atoms with E-state index in [-0.39, 0.29) is 12.0 Å². The quantitative estimate of drug-likeness (QED) is 0.526. The van der Waals surface area contributed by atoms with Crippen molar-refractivity contribution in [2.75, 3.05) is 6.54 Å². The van der Waals surface area contributed by atoms with Crippen molar-refractivity contribution in [2.45, 2.75) is 39.2 Å². The molecular formula is C8H16N2O3. The lowest BCUT2D eigenvalue weighted by atomic mass is 10.1. The third-order valence-electron chi connectivity index (χ3n) is 1.63. The molecule has 0 aromatic rings. The van der Waals surface area contributed by atoms with Crippen molar-refractivity contribution in [3.05, 3.63) is 4.91 Å². The Balaban J connectivity index is 3.87. The van der Waals surface area contributed by atoms with Crippen LogP contribution in [0.15, 0.2) is 5.29 Å². The van der Waals surface area contributed by atoms with E-state index in [1.807, 2.05) is 20.8 Å². The van der Waals surface area contributed by atoms with Gasteiger partial charge in [-0.05, 0) is 27.2 Å². The summed E-state index contributed by atoms with van der Waals surface area (Å²) in [7, 11) is 0. The van der Waals surface area contributed by atoms with Gasteiger partial charge in [-0.1, -0.05) is 0 Å². The first kappa shape index (κ1) is 11.9. The molecule has 0 fully saturated rings. The molecule has 0 aliphatic carbocycles. The number of carboxylic acids is 1. The standard InChI is InChI=1S/C8H16N2O3/c1-8(2,3)10(9-13)6-4-5-7(11)12/h4-6H2,1-3H3,(H,11,12). The van der Waals surface area contributed by atoms with Gasteiger partial charge in [-0.3, -0.25) is 9.80 Å². The molecule has 0 aromatic carbocycles. The third-order valence-corrected chi connectivity index (χ3v) is 1.63. The van der Waals surface area contributed by atoms with Crippen LogP contribution in [0.4, 0.5) is 0 Å². The van der Waals surface area contributed by atoms with Crippen LogP contribution in [0, 0.1) is 4.91 Å². The molecule has 0 aromatic heterocycles. The van der Waals surface area contributed by atoms with E-state index in [0.29, 0.717) is 13.0 Å². The number of nitroso groups, excluding NO2 is 1. The fourth-order valence-electron chi connectivity index (χ4n) is 0.879. The van der Waals surface area contributed by atoms with Crippen molar-refractivity contribution >= 4 is 5.97 Å². The summed E-state index contributed by atoms with van der Waals surface area (Å²) in [5, 5.41) is 12.6. The molecule has 76 valence electrons. The lowest BCUT2D eigenvalue weighted by Gasteiger charge is -2.29. The number of carboxylic acid groups (broad SMARTS) is 1. The van der Waals surface area contributed by atoms with Crippen molar-refractivity contribution < 1.29 is 9.90 Å². The molecule has 0 rings (SSSR count). The van der Waals surface area contributed by atoms with E-state index in [4.69, 9.17) is 5.11 Å². The molecule has 0 aliphatic rings. The monoisotopic (exact) mass is 188 g/mol. The van der Waals surface area contributed by atoms with Gasteiger partial charge in [0, 0.05) is 13.0 Å². The summed E-state index contributed by atoms with van der Waals surface area (Å²) >= 11 is 0. The first-order valence-electron chi connectivity index (χ1n) is 4.20. The van der Waals surface area contributed by atoms with E-state index in [9.17, 15) is 9.70 Å². The van der Waals surface area contributed by atoms with Crippen LogP contribution in [0.3, 0.4) is 0 Å². The first-order chi connectivity index (χ1) is 5.88. The molecule has 5 nitrogen and oxygen atoms in total. The smallest absolute Gasteiger partial charge is 0.303 e. The summed E-state index contributed by atoms with van der Waals surface area (Å²) in [4.78, 5) is 20.5. The molecule has 0 heterocycles. The van der Waals surface area contributed by atoms with Gasteiger partial charge in [-0.15, -0.1) is 4.91 Å². The molecule has 0 spiro atoms. The van der Waals surface area contributed by atoms with Gasteiger partial charge in [0.15, 0.2) is 0 Å². The second-order valence-corrected chi connectivity index (χ2v) is 3.87. The number of hydrogen-bond donors (Lipinski definition) is 1. The van der Waals surface area contributed by atoms with Crippen molar-refractivity contribution in [3.8, 4) is 0 Å². The van der Waals surface area contributed by atoms with Gasteiger partial charge in [0.25, 0.3) is 0 Å². The van der Waals surface area contributed by atoms with Crippen LogP contribution in [0.1, 0.15) is 33.6 Å². The minimum atomic E-state index is -0.847. The highest BCUT2D eigenvalue weighted by Crippen LogP contribution is 2.13. The predicted octanol–water partition coefficient (Wildman–Crippen LogP) is 1.63. The van der Waals surface area contributed by atoms with E-state index in [1.54, 1.807) is 0 Å². The molecule has 0 saturated heterocycles. The molecule has 0 saturated carbocycles. The average Bonchev–Trinajstić information content (AvgIpc) is 1.95. The molecule has 0 aliphatic heterocycles. The average molecular weight is 188 g/mol. The fourth-order valence-corrected chi connectivity index (χ4v) is 0.879. The summed E-state index contributed by atoms with van der Waals surface area (Å²) in [6.07, 6.45) is 0.514. The Morgan fingerprint density at radius 3 is 2.31 bits per heavy atom. The lowest BCUT2D eigenvalue weighted by Crippen LogP contribution is -2.37. The molecule has 0 amide bonds. The van der Waals surface area contributed by atoms with Gasteiger partial charge in [-0.2, -0.15) is 0 Å². The van der Waals surface area contributed by atoms with E-state index in [2.05, 4.69) is 5.29 Å². The first-order valence-corrected chi connectivity index (χ1v) is 4.20. The van der Waals surface area contributed by atoms with Gasteiger partial charge < -0.3 is 5.11 Å².